The summed E-state index contributed by atoms with van der Waals surface area (Å²) in [6, 6.07) is 15.8. The van der Waals surface area contributed by atoms with Gasteiger partial charge in [-0.2, -0.15) is 0 Å². The third kappa shape index (κ3) is 5.78. The summed E-state index contributed by atoms with van der Waals surface area (Å²) < 4.78 is 11.0. The van der Waals surface area contributed by atoms with E-state index in [-0.39, 0.29) is 12.5 Å². The number of amides is 3. The smallest absolute Gasteiger partial charge is 0.417 e. The maximum atomic E-state index is 14.1. The normalized spacial score (nSPS) is 21.1. The Hall–Kier alpha value is -3.06. The number of benzene rings is 2. The number of carbonyl (C=O) groups excluding carboxylic acids is 3. The molecule has 0 radical (unpaired) electrons. The molecule has 7 nitrogen and oxygen atoms in total. The molecule has 0 saturated carbocycles. The molecule has 0 aromatic heterocycles. The van der Waals surface area contributed by atoms with Crippen LogP contribution in [0.2, 0.25) is 5.02 Å². The van der Waals surface area contributed by atoms with Crippen molar-refractivity contribution in [1.82, 2.24) is 9.80 Å². The van der Waals surface area contributed by atoms with Crippen molar-refractivity contribution in [2.24, 2.45) is 0 Å². The first kappa shape index (κ1) is 25.0. The lowest BCUT2D eigenvalue weighted by Crippen LogP contribution is -2.50. The van der Waals surface area contributed by atoms with E-state index in [0.29, 0.717) is 30.0 Å². The molecule has 0 aliphatic carbocycles. The van der Waals surface area contributed by atoms with Gasteiger partial charge in [0, 0.05) is 11.6 Å². The van der Waals surface area contributed by atoms with E-state index in [4.69, 9.17) is 21.1 Å². The SMILES string of the molecule is CC(C)(C)OC(=O)N1CCCC1[C@@H](C(=O)N1C(=O)OCC1Cc1ccccc1)c1ccc(Cl)cc1. The molecule has 35 heavy (non-hydrogen) atoms. The first-order valence-electron chi connectivity index (χ1n) is 11.9. The Labute approximate surface area is 210 Å². The van der Waals surface area contributed by atoms with Gasteiger partial charge in [-0.15, -0.1) is 0 Å². The Balaban J connectivity index is 1.67. The van der Waals surface area contributed by atoms with E-state index in [1.807, 2.05) is 51.1 Å². The second kappa shape index (κ2) is 10.3. The fourth-order valence-corrected chi connectivity index (χ4v) is 4.93. The fraction of sp³-hybridized carbons (Fsp3) is 0.444. The maximum absolute atomic E-state index is 14.1. The summed E-state index contributed by atoms with van der Waals surface area (Å²) in [6.45, 7) is 6.05. The molecule has 2 aromatic rings. The van der Waals surface area contributed by atoms with E-state index in [1.54, 1.807) is 29.2 Å². The Morgan fingerprint density at radius 2 is 1.80 bits per heavy atom. The molecule has 0 bridgehead atoms. The minimum atomic E-state index is -0.758. The minimum Gasteiger partial charge on any atom is -0.447 e. The predicted octanol–water partition coefficient (Wildman–Crippen LogP) is 5.41. The summed E-state index contributed by atoms with van der Waals surface area (Å²) in [4.78, 5) is 42.8. The third-order valence-electron chi connectivity index (χ3n) is 6.32. The van der Waals surface area contributed by atoms with Gasteiger partial charge >= 0.3 is 12.2 Å². The lowest BCUT2D eigenvalue weighted by atomic mass is 9.88. The van der Waals surface area contributed by atoms with Crippen LogP contribution in [0.25, 0.3) is 0 Å². The first-order chi connectivity index (χ1) is 16.6. The average Bonchev–Trinajstić information content (AvgIpc) is 3.42. The predicted molar refractivity (Wildman–Crippen MR) is 132 cm³/mol. The van der Waals surface area contributed by atoms with Crippen LogP contribution in [0.15, 0.2) is 54.6 Å². The third-order valence-corrected chi connectivity index (χ3v) is 6.57. The van der Waals surface area contributed by atoms with Crippen molar-refractivity contribution in [3.63, 3.8) is 0 Å². The lowest BCUT2D eigenvalue weighted by molar-refractivity contribution is -0.132. The van der Waals surface area contributed by atoms with E-state index in [2.05, 4.69) is 0 Å². The van der Waals surface area contributed by atoms with E-state index in [1.165, 1.54) is 4.90 Å². The van der Waals surface area contributed by atoms with Crippen LogP contribution < -0.4 is 0 Å². The highest BCUT2D eigenvalue weighted by molar-refractivity contribution is 6.30. The second-order valence-corrected chi connectivity index (χ2v) is 10.5. The van der Waals surface area contributed by atoms with Gasteiger partial charge in [-0.3, -0.25) is 4.79 Å². The molecule has 2 unspecified atom stereocenters. The summed E-state index contributed by atoms with van der Waals surface area (Å²) in [5.41, 5.74) is 1.04. The van der Waals surface area contributed by atoms with Crippen molar-refractivity contribution in [3.8, 4) is 0 Å². The number of nitrogens with zero attached hydrogens (tertiary/aromatic N) is 2. The maximum Gasteiger partial charge on any atom is 0.417 e. The number of ether oxygens (including phenoxy) is 2. The highest BCUT2D eigenvalue weighted by Crippen LogP contribution is 2.36. The molecule has 8 heteroatoms. The van der Waals surface area contributed by atoms with Crippen LogP contribution in [0.5, 0.6) is 0 Å². The monoisotopic (exact) mass is 498 g/mol. The second-order valence-electron chi connectivity index (χ2n) is 10.0. The van der Waals surface area contributed by atoms with Crippen LogP contribution in [-0.4, -0.2) is 58.7 Å². The lowest BCUT2D eigenvalue weighted by Gasteiger charge is -2.34. The fourth-order valence-electron chi connectivity index (χ4n) is 4.80. The molecule has 3 atom stereocenters. The molecule has 2 saturated heterocycles. The Kier molecular flexibility index (Phi) is 7.36. The zero-order valence-electron chi connectivity index (χ0n) is 20.3. The zero-order valence-corrected chi connectivity index (χ0v) is 21.0. The molecular formula is C27H31ClN2O5. The average molecular weight is 499 g/mol. The van der Waals surface area contributed by atoms with Crippen LogP contribution in [0.4, 0.5) is 9.59 Å². The number of cyclic esters (lactones) is 1. The Morgan fingerprint density at radius 3 is 2.46 bits per heavy atom. The van der Waals surface area contributed by atoms with Crippen LogP contribution in [-0.2, 0) is 20.7 Å². The number of carbonyl (C=O) groups is 3. The summed E-state index contributed by atoms with van der Waals surface area (Å²) in [5, 5.41) is 0.540. The van der Waals surface area contributed by atoms with Crippen molar-refractivity contribution in [1.29, 1.82) is 0 Å². The molecule has 2 aromatic carbocycles. The number of hydrogen-bond acceptors (Lipinski definition) is 5. The molecule has 0 spiro atoms. The number of rotatable bonds is 5. The van der Waals surface area contributed by atoms with Crippen molar-refractivity contribution in [3.05, 3.63) is 70.7 Å². The molecule has 2 heterocycles. The van der Waals surface area contributed by atoms with E-state index in [9.17, 15) is 14.4 Å². The number of halogens is 1. The van der Waals surface area contributed by atoms with Gasteiger partial charge in [0.25, 0.3) is 0 Å². The molecule has 2 aliphatic heterocycles. The molecule has 186 valence electrons. The van der Waals surface area contributed by atoms with E-state index < -0.39 is 35.8 Å². The number of imide groups is 1. The van der Waals surface area contributed by atoms with Crippen LogP contribution in [0.3, 0.4) is 0 Å². The largest absolute Gasteiger partial charge is 0.447 e. The topological polar surface area (TPSA) is 76.2 Å². The van der Waals surface area contributed by atoms with Crippen molar-refractivity contribution in [2.75, 3.05) is 13.2 Å². The minimum absolute atomic E-state index is 0.132. The summed E-state index contributed by atoms with van der Waals surface area (Å²) in [6.07, 6.45) is 0.726. The number of hydrogen-bond donors (Lipinski definition) is 0. The van der Waals surface area contributed by atoms with Crippen molar-refractivity contribution >= 4 is 29.7 Å². The first-order valence-corrected chi connectivity index (χ1v) is 12.3. The van der Waals surface area contributed by atoms with Gasteiger partial charge in [-0.25, -0.2) is 14.5 Å². The van der Waals surface area contributed by atoms with Crippen LogP contribution in [0, 0.1) is 0 Å². The standard InChI is InChI=1S/C27H31ClN2O5/c1-27(2,3)35-25(32)29-15-7-10-22(29)23(19-11-13-20(28)14-12-19)24(31)30-21(17-34-26(30)33)16-18-8-5-4-6-9-18/h4-6,8-9,11-14,21-23H,7,10,15-17H2,1-3H3/t21?,22?,23-/m0/s1. The quantitative estimate of drug-likeness (QED) is 0.550. The van der Waals surface area contributed by atoms with E-state index in [0.717, 1.165) is 12.0 Å². The molecule has 3 amide bonds. The van der Waals surface area contributed by atoms with Gasteiger partial charge in [0.05, 0.1) is 18.0 Å². The van der Waals surface area contributed by atoms with Gasteiger partial charge in [0.2, 0.25) is 5.91 Å². The van der Waals surface area contributed by atoms with Crippen LogP contribution >= 0.6 is 11.6 Å². The summed E-state index contributed by atoms with van der Waals surface area (Å²) in [5.74, 6) is -1.14. The van der Waals surface area contributed by atoms with Crippen molar-refractivity contribution < 1.29 is 23.9 Å². The van der Waals surface area contributed by atoms with Crippen molar-refractivity contribution in [2.45, 2.75) is 63.6 Å². The zero-order chi connectivity index (χ0) is 25.2. The van der Waals surface area contributed by atoms with Gasteiger partial charge < -0.3 is 14.4 Å². The molecular weight excluding hydrogens is 468 g/mol. The Bertz CT molecular complexity index is 1070. The highest BCUT2D eigenvalue weighted by Gasteiger charge is 2.47. The molecule has 0 N–H and O–H groups in total. The van der Waals surface area contributed by atoms with Gasteiger partial charge in [0.1, 0.15) is 12.2 Å². The van der Waals surface area contributed by atoms with Gasteiger partial charge in [-0.1, -0.05) is 54.1 Å². The summed E-state index contributed by atoms with van der Waals surface area (Å²) in [7, 11) is 0. The number of likely N-dealkylation sites (tertiary alicyclic amines) is 1. The Morgan fingerprint density at radius 1 is 1.11 bits per heavy atom. The summed E-state index contributed by atoms with van der Waals surface area (Å²) >= 11 is 6.12. The molecule has 2 fully saturated rings. The van der Waals surface area contributed by atoms with Gasteiger partial charge in [-0.05, 0) is 63.3 Å². The van der Waals surface area contributed by atoms with Crippen LogP contribution in [0.1, 0.15) is 50.7 Å². The van der Waals surface area contributed by atoms with E-state index >= 15 is 0 Å². The molecule has 4 rings (SSSR count). The van der Waals surface area contributed by atoms with Gasteiger partial charge in [0.15, 0.2) is 0 Å². The highest BCUT2D eigenvalue weighted by atomic mass is 35.5. The molecule has 2 aliphatic rings.